The Morgan fingerprint density at radius 3 is 2.68 bits per heavy atom. The Morgan fingerprint density at radius 2 is 2.05 bits per heavy atom. The minimum absolute atomic E-state index is 0.154. The van der Waals surface area contributed by atoms with Crippen LogP contribution in [0.3, 0.4) is 0 Å². The van der Waals surface area contributed by atoms with Gasteiger partial charge in [-0.15, -0.1) is 0 Å². The molecule has 0 aromatic carbocycles. The largest absolute Gasteiger partial charge is 0.444 e. The third-order valence-electron chi connectivity index (χ3n) is 3.81. The summed E-state index contributed by atoms with van der Waals surface area (Å²) in [6, 6.07) is 0.314. The van der Waals surface area contributed by atoms with Gasteiger partial charge in [-0.25, -0.2) is 4.79 Å². The fraction of sp³-hybridized carbons (Fsp3) is 0.933. The first-order chi connectivity index (χ1) is 8.96. The molecule has 0 spiro atoms. The van der Waals surface area contributed by atoms with Crippen LogP contribution < -0.4 is 5.32 Å². The van der Waals surface area contributed by atoms with Crippen LogP contribution in [0.1, 0.15) is 52.9 Å². The maximum absolute atomic E-state index is 12.1. The number of likely N-dealkylation sites (tertiary alicyclic amines) is 1. The fourth-order valence-corrected chi connectivity index (χ4v) is 2.59. The molecule has 0 bridgehead atoms. The Bertz CT molecular complexity index is 308. The SMILES string of the molecule is CC(C)(C)OC(=O)N1CCCC1CNCCC1CC1. The van der Waals surface area contributed by atoms with Crippen molar-refractivity contribution >= 4 is 6.09 Å². The highest BCUT2D eigenvalue weighted by Gasteiger charge is 2.31. The predicted octanol–water partition coefficient (Wildman–Crippen LogP) is 2.78. The van der Waals surface area contributed by atoms with Crippen LogP contribution in [-0.4, -0.2) is 42.3 Å². The van der Waals surface area contributed by atoms with Crippen LogP contribution in [0.2, 0.25) is 0 Å². The van der Waals surface area contributed by atoms with Crippen molar-refractivity contribution < 1.29 is 9.53 Å². The molecule has 2 aliphatic rings. The second-order valence-corrected chi connectivity index (χ2v) is 6.91. The van der Waals surface area contributed by atoms with Gasteiger partial charge in [0.05, 0.1) is 0 Å². The summed E-state index contributed by atoms with van der Waals surface area (Å²) >= 11 is 0. The van der Waals surface area contributed by atoms with E-state index in [0.717, 1.165) is 38.4 Å². The molecule has 1 atom stereocenters. The molecule has 1 aliphatic carbocycles. The Balaban J connectivity index is 1.70. The Kier molecular flexibility index (Phi) is 4.71. The van der Waals surface area contributed by atoms with Gasteiger partial charge in [-0.1, -0.05) is 12.8 Å². The summed E-state index contributed by atoms with van der Waals surface area (Å²) in [5.74, 6) is 0.970. The molecule has 1 heterocycles. The van der Waals surface area contributed by atoms with E-state index in [0.29, 0.717) is 6.04 Å². The third-order valence-corrected chi connectivity index (χ3v) is 3.81. The van der Waals surface area contributed by atoms with Crippen molar-refractivity contribution in [2.75, 3.05) is 19.6 Å². The zero-order valence-electron chi connectivity index (χ0n) is 12.6. The van der Waals surface area contributed by atoms with E-state index < -0.39 is 5.60 Å². The summed E-state index contributed by atoms with van der Waals surface area (Å²) < 4.78 is 5.47. The van der Waals surface area contributed by atoms with Gasteiger partial charge in [-0.05, 0) is 52.5 Å². The summed E-state index contributed by atoms with van der Waals surface area (Å²) in [7, 11) is 0. The Labute approximate surface area is 116 Å². The van der Waals surface area contributed by atoms with Crippen molar-refractivity contribution in [3.8, 4) is 0 Å². The minimum Gasteiger partial charge on any atom is -0.444 e. The van der Waals surface area contributed by atoms with Gasteiger partial charge in [0, 0.05) is 19.1 Å². The smallest absolute Gasteiger partial charge is 0.410 e. The molecule has 2 fully saturated rings. The van der Waals surface area contributed by atoms with Gasteiger partial charge in [0.25, 0.3) is 0 Å². The number of carbonyl (C=O) groups excluding carboxylic acids is 1. The lowest BCUT2D eigenvalue weighted by Crippen LogP contribution is -2.44. The summed E-state index contributed by atoms with van der Waals surface area (Å²) in [4.78, 5) is 14.0. The van der Waals surface area contributed by atoms with Crippen LogP contribution >= 0.6 is 0 Å². The molecule has 1 unspecified atom stereocenters. The molecule has 1 saturated heterocycles. The van der Waals surface area contributed by atoms with E-state index in [2.05, 4.69) is 5.32 Å². The second-order valence-electron chi connectivity index (χ2n) is 6.91. The van der Waals surface area contributed by atoms with E-state index in [1.54, 1.807) is 0 Å². The van der Waals surface area contributed by atoms with Crippen LogP contribution in [0.4, 0.5) is 4.79 Å². The van der Waals surface area contributed by atoms with Crippen molar-refractivity contribution in [3.05, 3.63) is 0 Å². The number of hydrogen-bond donors (Lipinski definition) is 1. The molecule has 19 heavy (non-hydrogen) atoms. The maximum Gasteiger partial charge on any atom is 0.410 e. The predicted molar refractivity (Wildman–Crippen MR) is 76.2 cm³/mol. The van der Waals surface area contributed by atoms with Crippen molar-refractivity contribution in [2.24, 2.45) is 5.92 Å². The minimum atomic E-state index is -0.399. The first kappa shape index (κ1) is 14.6. The molecule has 110 valence electrons. The molecule has 1 aliphatic heterocycles. The Hall–Kier alpha value is -0.770. The highest BCUT2D eigenvalue weighted by atomic mass is 16.6. The molecule has 1 saturated carbocycles. The van der Waals surface area contributed by atoms with E-state index in [-0.39, 0.29) is 6.09 Å². The lowest BCUT2D eigenvalue weighted by atomic mass is 10.2. The molecule has 4 heteroatoms. The van der Waals surface area contributed by atoms with Crippen molar-refractivity contribution in [1.82, 2.24) is 10.2 Å². The van der Waals surface area contributed by atoms with Gasteiger partial charge in [0.15, 0.2) is 0 Å². The van der Waals surface area contributed by atoms with Crippen LogP contribution in [0, 0.1) is 5.92 Å². The number of nitrogens with one attached hydrogen (secondary N) is 1. The van der Waals surface area contributed by atoms with Crippen LogP contribution in [-0.2, 0) is 4.74 Å². The fourth-order valence-electron chi connectivity index (χ4n) is 2.59. The Morgan fingerprint density at radius 1 is 1.32 bits per heavy atom. The summed E-state index contributed by atoms with van der Waals surface area (Å²) in [5.41, 5.74) is -0.399. The van der Waals surface area contributed by atoms with E-state index in [4.69, 9.17) is 4.74 Å². The van der Waals surface area contributed by atoms with Gasteiger partial charge in [0.2, 0.25) is 0 Å². The van der Waals surface area contributed by atoms with Crippen LogP contribution in [0.25, 0.3) is 0 Å². The highest BCUT2D eigenvalue weighted by molar-refractivity contribution is 5.69. The summed E-state index contributed by atoms with van der Waals surface area (Å²) in [5, 5.41) is 3.50. The van der Waals surface area contributed by atoms with Gasteiger partial charge >= 0.3 is 6.09 Å². The topological polar surface area (TPSA) is 41.6 Å². The van der Waals surface area contributed by atoms with Crippen LogP contribution in [0.15, 0.2) is 0 Å². The molecule has 1 N–H and O–H groups in total. The van der Waals surface area contributed by atoms with Crippen molar-refractivity contribution in [3.63, 3.8) is 0 Å². The molecule has 4 nitrogen and oxygen atoms in total. The quantitative estimate of drug-likeness (QED) is 0.780. The van der Waals surface area contributed by atoms with E-state index in [1.165, 1.54) is 19.3 Å². The first-order valence-corrected chi connectivity index (χ1v) is 7.66. The molecular formula is C15H28N2O2. The number of hydrogen-bond acceptors (Lipinski definition) is 3. The number of nitrogens with zero attached hydrogens (tertiary/aromatic N) is 1. The molecule has 2 rings (SSSR count). The number of rotatable bonds is 5. The van der Waals surface area contributed by atoms with Gasteiger partial charge in [0.1, 0.15) is 5.60 Å². The number of amides is 1. The lowest BCUT2D eigenvalue weighted by Gasteiger charge is -2.28. The third kappa shape index (κ3) is 5.01. The number of carbonyl (C=O) groups is 1. The van der Waals surface area contributed by atoms with Crippen LogP contribution in [0.5, 0.6) is 0 Å². The van der Waals surface area contributed by atoms with E-state index >= 15 is 0 Å². The standard InChI is InChI=1S/C15H28N2O2/c1-15(2,3)19-14(18)17-10-4-5-13(17)11-16-9-8-12-6-7-12/h12-13,16H,4-11H2,1-3H3. The molecular weight excluding hydrogens is 240 g/mol. The van der Waals surface area contributed by atoms with Crippen molar-refractivity contribution in [1.29, 1.82) is 0 Å². The maximum atomic E-state index is 12.1. The molecule has 0 radical (unpaired) electrons. The average molecular weight is 268 g/mol. The van der Waals surface area contributed by atoms with Gasteiger partial charge < -0.3 is 15.0 Å². The van der Waals surface area contributed by atoms with Crippen molar-refractivity contribution in [2.45, 2.75) is 64.5 Å². The zero-order valence-corrected chi connectivity index (χ0v) is 12.6. The summed E-state index contributed by atoms with van der Waals surface area (Å²) in [6.07, 6.45) is 6.15. The average Bonchev–Trinajstić information content (AvgIpc) is 2.99. The van der Waals surface area contributed by atoms with Gasteiger partial charge in [-0.3, -0.25) is 0 Å². The van der Waals surface area contributed by atoms with E-state index in [9.17, 15) is 4.79 Å². The molecule has 1 amide bonds. The van der Waals surface area contributed by atoms with E-state index in [1.807, 2.05) is 25.7 Å². The zero-order chi connectivity index (χ0) is 13.9. The normalized spacial score (nSPS) is 23.7. The molecule has 0 aromatic heterocycles. The molecule has 0 aromatic rings. The monoisotopic (exact) mass is 268 g/mol. The second kappa shape index (κ2) is 6.12. The highest BCUT2D eigenvalue weighted by Crippen LogP contribution is 2.31. The number of ether oxygens (including phenoxy) is 1. The summed E-state index contributed by atoms with van der Waals surface area (Å²) in [6.45, 7) is 8.59. The van der Waals surface area contributed by atoms with Gasteiger partial charge in [-0.2, -0.15) is 0 Å². The lowest BCUT2D eigenvalue weighted by molar-refractivity contribution is 0.0226. The first-order valence-electron chi connectivity index (χ1n) is 7.66.